The Balaban J connectivity index is 1.72. The summed E-state index contributed by atoms with van der Waals surface area (Å²) in [5, 5.41) is 0.446. The highest BCUT2D eigenvalue weighted by Gasteiger charge is 2.26. The third kappa shape index (κ3) is 4.08. The first-order valence-electron chi connectivity index (χ1n) is 8.36. The van der Waals surface area contributed by atoms with Gasteiger partial charge in [0.15, 0.2) is 17.5 Å². The van der Waals surface area contributed by atoms with E-state index in [0.29, 0.717) is 23.6 Å². The number of carbonyl (C=O) groups excluding carboxylic acids is 2. The number of halogens is 4. The van der Waals surface area contributed by atoms with Crippen LogP contribution in [0.3, 0.4) is 0 Å². The fraction of sp³-hybridized carbons (Fsp3) is 0.263. The molecule has 8 heteroatoms. The molecular formula is C19H16ClF3N2O2. The molecule has 0 saturated carbocycles. The van der Waals surface area contributed by atoms with Gasteiger partial charge in [-0.3, -0.25) is 9.59 Å². The molecule has 1 aliphatic heterocycles. The van der Waals surface area contributed by atoms with Crippen LogP contribution in [0.5, 0.6) is 0 Å². The van der Waals surface area contributed by atoms with E-state index in [9.17, 15) is 22.8 Å². The van der Waals surface area contributed by atoms with Crippen LogP contribution in [0.1, 0.15) is 27.1 Å². The molecule has 2 aromatic carbocycles. The van der Waals surface area contributed by atoms with E-state index < -0.39 is 28.9 Å². The zero-order valence-electron chi connectivity index (χ0n) is 14.2. The summed E-state index contributed by atoms with van der Waals surface area (Å²) in [7, 11) is 0. The molecule has 0 aliphatic carbocycles. The molecule has 142 valence electrons. The topological polar surface area (TPSA) is 40.6 Å². The fourth-order valence-corrected chi connectivity index (χ4v) is 3.18. The molecule has 2 amide bonds. The van der Waals surface area contributed by atoms with Gasteiger partial charge in [0.05, 0.1) is 5.56 Å². The second-order valence-corrected chi connectivity index (χ2v) is 6.61. The van der Waals surface area contributed by atoms with Gasteiger partial charge in [-0.25, -0.2) is 13.2 Å². The van der Waals surface area contributed by atoms with Gasteiger partial charge in [-0.2, -0.15) is 0 Å². The molecule has 0 N–H and O–H groups in total. The molecular weight excluding hydrogens is 381 g/mol. The Bertz CT molecular complexity index is 891. The number of nitrogens with zero attached hydrogens (tertiary/aromatic N) is 2. The molecule has 3 rings (SSSR count). The molecule has 0 spiro atoms. The quantitative estimate of drug-likeness (QED) is 0.725. The zero-order valence-corrected chi connectivity index (χ0v) is 15.0. The number of rotatable bonds is 2. The van der Waals surface area contributed by atoms with Crippen LogP contribution in [0, 0.1) is 17.5 Å². The first-order chi connectivity index (χ1) is 12.9. The summed E-state index contributed by atoms with van der Waals surface area (Å²) in [5.41, 5.74) is -0.0857. The molecule has 0 atom stereocenters. The second-order valence-electron chi connectivity index (χ2n) is 6.17. The molecule has 1 aliphatic rings. The lowest BCUT2D eigenvalue weighted by Gasteiger charge is -2.22. The van der Waals surface area contributed by atoms with E-state index >= 15 is 0 Å². The van der Waals surface area contributed by atoms with Crippen molar-refractivity contribution >= 4 is 23.4 Å². The van der Waals surface area contributed by atoms with Gasteiger partial charge >= 0.3 is 0 Å². The first-order valence-corrected chi connectivity index (χ1v) is 8.74. The molecule has 1 fully saturated rings. The Morgan fingerprint density at radius 1 is 0.852 bits per heavy atom. The van der Waals surface area contributed by atoms with E-state index in [1.807, 2.05) is 0 Å². The van der Waals surface area contributed by atoms with Crippen molar-refractivity contribution in [3.63, 3.8) is 0 Å². The van der Waals surface area contributed by atoms with E-state index in [4.69, 9.17) is 11.6 Å². The van der Waals surface area contributed by atoms with Gasteiger partial charge < -0.3 is 9.80 Å². The van der Waals surface area contributed by atoms with Gasteiger partial charge in [-0.1, -0.05) is 17.7 Å². The Morgan fingerprint density at radius 2 is 1.52 bits per heavy atom. The van der Waals surface area contributed by atoms with Crippen molar-refractivity contribution < 1.29 is 22.8 Å². The van der Waals surface area contributed by atoms with Crippen LogP contribution < -0.4 is 0 Å². The Hall–Kier alpha value is -2.54. The molecule has 0 unspecified atom stereocenters. The predicted molar refractivity (Wildman–Crippen MR) is 94.2 cm³/mol. The lowest BCUT2D eigenvalue weighted by atomic mass is 10.1. The third-order valence-electron chi connectivity index (χ3n) is 4.41. The van der Waals surface area contributed by atoms with Crippen molar-refractivity contribution in [2.24, 2.45) is 0 Å². The third-order valence-corrected chi connectivity index (χ3v) is 4.64. The molecule has 2 aromatic rings. The summed E-state index contributed by atoms with van der Waals surface area (Å²) in [6.07, 6.45) is 0.476. The van der Waals surface area contributed by atoms with Gasteiger partial charge in [0, 0.05) is 36.8 Å². The summed E-state index contributed by atoms with van der Waals surface area (Å²) >= 11 is 5.91. The van der Waals surface area contributed by atoms with E-state index in [1.54, 1.807) is 29.2 Å². The molecule has 0 aromatic heterocycles. The molecule has 1 heterocycles. The molecule has 4 nitrogen and oxygen atoms in total. The summed E-state index contributed by atoms with van der Waals surface area (Å²) < 4.78 is 40.4. The molecule has 1 saturated heterocycles. The Kier molecular flexibility index (Phi) is 5.70. The Morgan fingerprint density at radius 3 is 2.19 bits per heavy atom. The van der Waals surface area contributed by atoms with Gasteiger partial charge in [0.25, 0.3) is 11.8 Å². The first kappa shape index (κ1) is 19.2. The van der Waals surface area contributed by atoms with Gasteiger partial charge in [-0.15, -0.1) is 0 Å². The minimum atomic E-state index is -1.67. The number of carbonyl (C=O) groups is 2. The van der Waals surface area contributed by atoms with Crippen LogP contribution >= 0.6 is 11.6 Å². The van der Waals surface area contributed by atoms with Crippen molar-refractivity contribution in [2.75, 3.05) is 26.2 Å². The van der Waals surface area contributed by atoms with Crippen LogP contribution in [-0.2, 0) is 0 Å². The smallest absolute Gasteiger partial charge is 0.257 e. The summed E-state index contributed by atoms with van der Waals surface area (Å²) in [6, 6.07) is 8.20. The van der Waals surface area contributed by atoms with Crippen LogP contribution in [0.2, 0.25) is 5.02 Å². The maximum atomic E-state index is 13.9. The highest BCUT2D eigenvalue weighted by atomic mass is 35.5. The minimum Gasteiger partial charge on any atom is -0.337 e. The molecule has 27 heavy (non-hydrogen) atoms. The summed E-state index contributed by atoms with van der Waals surface area (Å²) in [4.78, 5) is 28.0. The van der Waals surface area contributed by atoms with Crippen molar-refractivity contribution in [3.8, 4) is 0 Å². The fourth-order valence-electron chi connectivity index (χ4n) is 2.99. The zero-order chi connectivity index (χ0) is 19.6. The Labute approximate surface area is 159 Å². The van der Waals surface area contributed by atoms with Crippen molar-refractivity contribution in [1.29, 1.82) is 0 Å². The average Bonchev–Trinajstić information content (AvgIpc) is 2.91. The lowest BCUT2D eigenvalue weighted by Crippen LogP contribution is -2.37. The monoisotopic (exact) mass is 396 g/mol. The average molecular weight is 397 g/mol. The van der Waals surface area contributed by atoms with Crippen molar-refractivity contribution in [3.05, 3.63) is 70.0 Å². The van der Waals surface area contributed by atoms with Crippen molar-refractivity contribution in [2.45, 2.75) is 6.42 Å². The van der Waals surface area contributed by atoms with E-state index in [-0.39, 0.29) is 25.5 Å². The van der Waals surface area contributed by atoms with Crippen LogP contribution in [0.25, 0.3) is 0 Å². The summed E-state index contributed by atoms with van der Waals surface area (Å²) in [5.74, 6) is -5.47. The maximum Gasteiger partial charge on any atom is 0.257 e. The van der Waals surface area contributed by atoms with Crippen molar-refractivity contribution in [1.82, 2.24) is 9.80 Å². The minimum absolute atomic E-state index is 0.156. The predicted octanol–water partition coefficient (Wildman–Crippen LogP) is 3.75. The second kappa shape index (κ2) is 8.00. The number of hydrogen-bond donors (Lipinski definition) is 0. The van der Waals surface area contributed by atoms with E-state index in [2.05, 4.69) is 0 Å². The number of hydrogen-bond acceptors (Lipinski definition) is 2. The summed E-state index contributed by atoms with van der Waals surface area (Å²) in [6.45, 7) is 1.08. The molecule has 0 radical (unpaired) electrons. The van der Waals surface area contributed by atoms with Gasteiger partial charge in [0.1, 0.15) is 0 Å². The normalized spacial score (nSPS) is 14.8. The standard InChI is InChI=1S/C19H16ClF3N2O2/c20-13-4-1-3-12(11-13)18(26)24-7-2-8-25(10-9-24)19(27)14-5-6-15(21)17(23)16(14)22/h1,3-6,11H,2,7-10H2. The van der Waals surface area contributed by atoms with Gasteiger partial charge in [0.2, 0.25) is 0 Å². The largest absolute Gasteiger partial charge is 0.337 e. The van der Waals surface area contributed by atoms with Crippen LogP contribution in [0.15, 0.2) is 36.4 Å². The highest BCUT2D eigenvalue weighted by Crippen LogP contribution is 2.19. The van der Waals surface area contributed by atoms with E-state index in [1.165, 1.54) is 4.90 Å². The lowest BCUT2D eigenvalue weighted by molar-refractivity contribution is 0.0715. The highest BCUT2D eigenvalue weighted by molar-refractivity contribution is 6.30. The van der Waals surface area contributed by atoms with E-state index in [0.717, 1.165) is 12.1 Å². The maximum absolute atomic E-state index is 13.9. The van der Waals surface area contributed by atoms with Crippen LogP contribution in [0.4, 0.5) is 13.2 Å². The number of amides is 2. The SMILES string of the molecule is O=C(c1cccc(Cl)c1)N1CCCN(C(=O)c2ccc(F)c(F)c2F)CC1. The van der Waals surface area contributed by atoms with Crippen LogP contribution in [-0.4, -0.2) is 47.8 Å². The van der Waals surface area contributed by atoms with Gasteiger partial charge in [-0.05, 0) is 36.8 Å². The number of benzene rings is 2. The molecule has 0 bridgehead atoms.